The predicted octanol–water partition coefficient (Wildman–Crippen LogP) is 1.88. The van der Waals surface area contributed by atoms with Crippen LogP contribution in [0.3, 0.4) is 0 Å². The number of fused-ring (bicyclic) bond motifs is 3. The molecule has 0 radical (unpaired) electrons. The summed E-state index contributed by atoms with van der Waals surface area (Å²) < 4.78 is 0. The lowest BCUT2D eigenvalue weighted by Gasteiger charge is -1.91. The Balaban J connectivity index is 2.62. The van der Waals surface area contributed by atoms with Crippen molar-refractivity contribution in [1.29, 1.82) is 5.26 Å². The van der Waals surface area contributed by atoms with Crippen LogP contribution < -0.4 is 5.56 Å². The van der Waals surface area contributed by atoms with Crippen molar-refractivity contribution in [2.75, 3.05) is 0 Å². The molecule has 1 aromatic carbocycles. The van der Waals surface area contributed by atoms with Gasteiger partial charge in [-0.1, -0.05) is 18.2 Å². The van der Waals surface area contributed by atoms with E-state index in [9.17, 15) is 4.79 Å². The van der Waals surface area contributed by atoms with Crippen LogP contribution in [0.4, 0.5) is 0 Å². The van der Waals surface area contributed by atoms with E-state index in [1.165, 1.54) is 0 Å². The summed E-state index contributed by atoms with van der Waals surface area (Å²) in [6, 6.07) is 11.3. The smallest absolute Gasteiger partial charge is 0.273 e. The van der Waals surface area contributed by atoms with Crippen molar-refractivity contribution in [2.24, 2.45) is 0 Å². The Labute approximate surface area is 90.1 Å². The van der Waals surface area contributed by atoms with Gasteiger partial charge in [-0.2, -0.15) is 5.26 Å². The minimum atomic E-state index is -0.259. The molecule has 0 unspecified atom stereocenters. The van der Waals surface area contributed by atoms with Crippen molar-refractivity contribution in [3.8, 4) is 6.07 Å². The van der Waals surface area contributed by atoms with E-state index in [-0.39, 0.29) is 11.3 Å². The van der Waals surface area contributed by atoms with Gasteiger partial charge in [0.25, 0.3) is 5.56 Å². The van der Waals surface area contributed by atoms with Crippen LogP contribution in [0.25, 0.3) is 21.8 Å². The maximum Gasteiger partial charge on any atom is 0.273 e. The predicted molar refractivity (Wildman–Crippen MR) is 61.1 cm³/mol. The maximum atomic E-state index is 11.7. The summed E-state index contributed by atoms with van der Waals surface area (Å²) in [4.78, 5) is 17.2. The fourth-order valence-corrected chi connectivity index (χ4v) is 1.92. The highest BCUT2D eigenvalue weighted by Crippen LogP contribution is 2.22. The second-order valence-corrected chi connectivity index (χ2v) is 3.58. The van der Waals surface area contributed by atoms with Gasteiger partial charge in [0.2, 0.25) is 0 Å². The van der Waals surface area contributed by atoms with E-state index in [0.29, 0.717) is 5.52 Å². The number of aromatic nitrogens is 2. The van der Waals surface area contributed by atoms with Gasteiger partial charge >= 0.3 is 0 Å². The Morgan fingerprint density at radius 3 is 2.75 bits per heavy atom. The van der Waals surface area contributed by atoms with Gasteiger partial charge in [0, 0.05) is 16.3 Å². The summed E-state index contributed by atoms with van der Waals surface area (Å²) in [5.41, 5.74) is 1.44. The lowest BCUT2D eigenvalue weighted by Crippen LogP contribution is -2.07. The van der Waals surface area contributed by atoms with Crippen molar-refractivity contribution in [3.05, 3.63) is 46.4 Å². The molecule has 0 spiro atoms. The van der Waals surface area contributed by atoms with Crippen molar-refractivity contribution >= 4 is 21.8 Å². The van der Waals surface area contributed by atoms with Gasteiger partial charge in [-0.05, 0) is 12.1 Å². The van der Waals surface area contributed by atoms with Gasteiger partial charge in [0.05, 0.1) is 0 Å². The normalized spacial score (nSPS) is 10.7. The minimum absolute atomic E-state index is 0.259. The summed E-state index contributed by atoms with van der Waals surface area (Å²) in [7, 11) is 0. The highest BCUT2D eigenvalue weighted by atomic mass is 16.1. The van der Waals surface area contributed by atoms with Crippen LogP contribution in [0.5, 0.6) is 0 Å². The molecule has 0 amide bonds. The molecule has 2 heterocycles. The molecule has 0 bridgehead atoms. The summed E-state index contributed by atoms with van der Waals surface area (Å²) in [5, 5.41) is 10.5. The zero-order valence-electron chi connectivity index (χ0n) is 8.24. The average Bonchev–Trinajstić information content (AvgIpc) is 2.68. The molecule has 16 heavy (non-hydrogen) atoms. The number of nitrogens with one attached hydrogen (secondary N) is 2. The molecule has 2 aromatic heterocycles. The van der Waals surface area contributed by atoms with Gasteiger partial charge in [0.1, 0.15) is 17.3 Å². The third-order valence-electron chi connectivity index (χ3n) is 2.63. The molecule has 0 aliphatic carbocycles. The second kappa shape index (κ2) is 2.97. The molecule has 0 saturated heterocycles. The lowest BCUT2D eigenvalue weighted by atomic mass is 10.2. The molecule has 0 atom stereocenters. The molecule has 3 rings (SSSR count). The van der Waals surface area contributed by atoms with Crippen LogP contribution in [0.2, 0.25) is 0 Å². The molecule has 0 saturated carbocycles. The Morgan fingerprint density at radius 2 is 1.94 bits per heavy atom. The molecule has 0 fully saturated rings. The molecule has 0 aliphatic heterocycles. The van der Waals surface area contributed by atoms with Crippen LogP contribution in [-0.2, 0) is 0 Å². The lowest BCUT2D eigenvalue weighted by molar-refractivity contribution is 1.21. The van der Waals surface area contributed by atoms with E-state index in [0.717, 1.165) is 16.3 Å². The number of hydrogen-bond donors (Lipinski definition) is 2. The first-order chi connectivity index (χ1) is 7.79. The van der Waals surface area contributed by atoms with Crippen molar-refractivity contribution in [2.45, 2.75) is 0 Å². The van der Waals surface area contributed by atoms with Gasteiger partial charge in [-0.25, -0.2) is 0 Å². The van der Waals surface area contributed by atoms with Crippen molar-refractivity contribution in [3.63, 3.8) is 0 Å². The number of para-hydroxylation sites is 1. The van der Waals surface area contributed by atoms with E-state index < -0.39 is 0 Å². The van der Waals surface area contributed by atoms with Gasteiger partial charge < -0.3 is 9.97 Å². The fourth-order valence-electron chi connectivity index (χ4n) is 1.92. The number of nitrogens with zero attached hydrogens (tertiary/aromatic N) is 1. The Hall–Kier alpha value is -2.54. The molecule has 76 valence electrons. The number of H-pyrrole nitrogens is 2. The molecular formula is C12H7N3O. The van der Waals surface area contributed by atoms with E-state index >= 15 is 0 Å². The minimum Gasteiger partial charge on any atom is -0.350 e. The third kappa shape index (κ3) is 1.06. The zero-order valence-corrected chi connectivity index (χ0v) is 8.24. The maximum absolute atomic E-state index is 11.7. The van der Waals surface area contributed by atoms with Crippen LogP contribution in [0.1, 0.15) is 5.69 Å². The number of rotatable bonds is 0. The number of benzene rings is 1. The number of pyridine rings is 1. The van der Waals surface area contributed by atoms with E-state index in [2.05, 4.69) is 9.97 Å². The molecule has 2 N–H and O–H groups in total. The summed E-state index contributed by atoms with van der Waals surface area (Å²) in [6.07, 6.45) is 0. The molecule has 0 aliphatic rings. The topological polar surface area (TPSA) is 72.4 Å². The van der Waals surface area contributed by atoms with Crippen LogP contribution in [-0.4, -0.2) is 9.97 Å². The largest absolute Gasteiger partial charge is 0.350 e. The average molecular weight is 209 g/mol. The van der Waals surface area contributed by atoms with E-state index in [1.54, 1.807) is 6.07 Å². The van der Waals surface area contributed by atoms with Crippen LogP contribution in [0.15, 0.2) is 35.1 Å². The van der Waals surface area contributed by atoms with Crippen molar-refractivity contribution < 1.29 is 0 Å². The molecule has 4 heteroatoms. The highest BCUT2D eigenvalue weighted by Gasteiger charge is 2.07. The zero-order chi connectivity index (χ0) is 11.1. The summed E-state index contributed by atoms with van der Waals surface area (Å²) in [5.74, 6) is 0. The quantitative estimate of drug-likeness (QED) is 0.593. The first-order valence-corrected chi connectivity index (χ1v) is 4.83. The summed E-state index contributed by atoms with van der Waals surface area (Å²) >= 11 is 0. The van der Waals surface area contributed by atoms with Crippen molar-refractivity contribution in [1.82, 2.24) is 9.97 Å². The SMILES string of the molecule is N#Cc1cc2c([nH]c3ccccc32)c(=O)[nH]1. The number of aromatic amines is 2. The Morgan fingerprint density at radius 1 is 1.12 bits per heavy atom. The third-order valence-corrected chi connectivity index (χ3v) is 2.63. The Bertz CT molecular complexity index is 789. The highest BCUT2D eigenvalue weighted by molar-refractivity contribution is 6.06. The van der Waals surface area contributed by atoms with Gasteiger partial charge in [-0.3, -0.25) is 4.79 Å². The van der Waals surface area contributed by atoms with Gasteiger partial charge in [0.15, 0.2) is 0 Å². The monoisotopic (exact) mass is 209 g/mol. The molecular weight excluding hydrogens is 202 g/mol. The van der Waals surface area contributed by atoms with E-state index in [1.807, 2.05) is 30.3 Å². The van der Waals surface area contributed by atoms with Crippen LogP contribution >= 0.6 is 0 Å². The summed E-state index contributed by atoms with van der Waals surface area (Å²) in [6.45, 7) is 0. The fraction of sp³-hybridized carbons (Fsp3) is 0. The first kappa shape index (κ1) is 8.74. The number of nitriles is 1. The van der Waals surface area contributed by atoms with E-state index in [4.69, 9.17) is 5.26 Å². The molecule has 4 nitrogen and oxygen atoms in total. The Kier molecular flexibility index (Phi) is 1.62. The molecule has 3 aromatic rings. The van der Waals surface area contributed by atoms with Crippen LogP contribution in [0, 0.1) is 11.3 Å². The second-order valence-electron chi connectivity index (χ2n) is 3.58. The number of hydrogen-bond acceptors (Lipinski definition) is 2. The first-order valence-electron chi connectivity index (χ1n) is 4.83. The standard InChI is InChI=1S/C12H7N3O/c13-6-7-5-9-8-3-1-2-4-10(8)15-11(9)12(16)14-7/h1-5,15H,(H,14,16). The van der Waals surface area contributed by atoms with Gasteiger partial charge in [-0.15, -0.1) is 0 Å².